The van der Waals surface area contributed by atoms with Crippen LogP contribution in [0.2, 0.25) is 20.4 Å². The van der Waals surface area contributed by atoms with Gasteiger partial charge in [-0.3, -0.25) is 0 Å². The first-order chi connectivity index (χ1) is 15.4. The molecule has 2 aromatic carbocycles. The van der Waals surface area contributed by atoms with Crippen molar-refractivity contribution in [1.29, 1.82) is 0 Å². The monoisotopic (exact) mass is 502 g/mol. The minimum Gasteiger partial charge on any atom is -0.196 e. The fourth-order valence-electron chi connectivity index (χ4n) is 3.86. The van der Waals surface area contributed by atoms with E-state index in [1.54, 1.807) is 22.0 Å². The molecule has 4 aromatic heterocycles. The van der Waals surface area contributed by atoms with E-state index < -0.39 is 0 Å². The van der Waals surface area contributed by atoms with Crippen LogP contribution in [0.3, 0.4) is 0 Å². The van der Waals surface area contributed by atoms with Gasteiger partial charge in [0.15, 0.2) is 33.2 Å². The van der Waals surface area contributed by atoms with Gasteiger partial charge in [0, 0.05) is 22.6 Å². The molecule has 0 N–H and O–H groups in total. The topological polar surface area (TPSA) is 86.2 Å². The Hall–Kier alpha value is -2.78. The number of halogens is 4. The van der Waals surface area contributed by atoms with Gasteiger partial charge < -0.3 is 0 Å². The van der Waals surface area contributed by atoms with E-state index in [1.165, 1.54) is 0 Å². The molecule has 0 fully saturated rings. The Labute approximate surface area is 199 Å². The van der Waals surface area contributed by atoms with E-state index in [0.717, 1.165) is 10.9 Å². The quantitative estimate of drug-likeness (QED) is 0.315. The van der Waals surface area contributed by atoms with Crippen molar-refractivity contribution >= 4 is 79.2 Å². The van der Waals surface area contributed by atoms with Gasteiger partial charge in [-0.15, -0.1) is 20.4 Å². The molecule has 32 heavy (non-hydrogen) atoms. The average Bonchev–Trinajstić information content (AvgIpc) is 3.32. The second kappa shape index (κ2) is 7.11. The molecule has 0 unspecified atom stereocenters. The molecule has 0 spiro atoms. The lowest BCUT2D eigenvalue weighted by Crippen LogP contribution is -2.02. The first-order valence-electron chi connectivity index (χ1n) is 9.40. The minimum atomic E-state index is 0.273. The first-order valence-corrected chi connectivity index (χ1v) is 10.9. The summed E-state index contributed by atoms with van der Waals surface area (Å²) in [5, 5.41) is 30.1. The lowest BCUT2D eigenvalue weighted by molar-refractivity contribution is 0.843. The zero-order chi connectivity index (χ0) is 22.1. The summed E-state index contributed by atoms with van der Waals surface area (Å²) in [5.41, 5.74) is 1.95. The molecule has 158 valence electrons. The lowest BCUT2D eigenvalue weighted by Gasteiger charge is -2.09. The van der Waals surface area contributed by atoms with Crippen LogP contribution in [0, 0.1) is 6.92 Å². The first kappa shape index (κ1) is 19.9. The van der Waals surface area contributed by atoms with Gasteiger partial charge in [0.25, 0.3) is 0 Å². The zero-order valence-electron chi connectivity index (χ0n) is 16.2. The van der Waals surface area contributed by atoms with Crippen LogP contribution >= 0.6 is 46.4 Å². The SMILES string of the molecule is Cc1nnc2c3cc(Cc4nnc5c6c(Cl)cccc6c(Cl)nn45)cc(Cl)c3c(Cl)nn12. The molecule has 0 aliphatic heterocycles. The molecule has 0 aliphatic carbocycles. The van der Waals surface area contributed by atoms with Crippen molar-refractivity contribution in [3.8, 4) is 0 Å². The molecule has 6 aromatic rings. The summed E-state index contributed by atoms with van der Waals surface area (Å²) in [6.07, 6.45) is 0.384. The maximum atomic E-state index is 6.58. The van der Waals surface area contributed by atoms with E-state index in [9.17, 15) is 0 Å². The smallest absolute Gasteiger partial charge is 0.187 e. The van der Waals surface area contributed by atoms with Crippen LogP contribution in [0.15, 0.2) is 30.3 Å². The van der Waals surface area contributed by atoms with Crippen molar-refractivity contribution in [2.45, 2.75) is 13.3 Å². The molecule has 6 rings (SSSR count). The Morgan fingerprint density at radius 1 is 0.750 bits per heavy atom. The van der Waals surface area contributed by atoms with Crippen LogP contribution in [0.5, 0.6) is 0 Å². The Morgan fingerprint density at radius 3 is 2.38 bits per heavy atom. The highest BCUT2D eigenvalue weighted by Gasteiger charge is 2.18. The molecule has 0 bridgehead atoms. The predicted molar refractivity (Wildman–Crippen MR) is 124 cm³/mol. The van der Waals surface area contributed by atoms with Crippen LogP contribution < -0.4 is 0 Å². The lowest BCUT2D eigenvalue weighted by atomic mass is 10.1. The van der Waals surface area contributed by atoms with Gasteiger partial charge in [-0.1, -0.05) is 58.5 Å². The van der Waals surface area contributed by atoms with Crippen LogP contribution in [0.25, 0.3) is 32.8 Å². The Bertz CT molecular complexity index is 1720. The number of benzene rings is 2. The number of aromatic nitrogens is 8. The third-order valence-corrected chi connectivity index (χ3v) is 6.45. The predicted octanol–water partition coefficient (Wildman–Crippen LogP) is 5.38. The maximum absolute atomic E-state index is 6.58. The van der Waals surface area contributed by atoms with Crippen molar-refractivity contribution in [2.75, 3.05) is 0 Å². The second-order valence-corrected chi connectivity index (χ2v) is 8.79. The van der Waals surface area contributed by atoms with Gasteiger partial charge in [-0.05, 0) is 30.7 Å². The molecular formula is C20H10Cl4N8. The van der Waals surface area contributed by atoms with E-state index in [0.29, 0.717) is 60.7 Å². The summed E-state index contributed by atoms with van der Waals surface area (Å²) < 4.78 is 3.19. The molecule has 0 saturated carbocycles. The van der Waals surface area contributed by atoms with E-state index in [-0.39, 0.29) is 5.15 Å². The molecule has 4 heterocycles. The van der Waals surface area contributed by atoms with E-state index in [1.807, 2.05) is 24.3 Å². The molecule has 0 aliphatic rings. The van der Waals surface area contributed by atoms with E-state index in [2.05, 4.69) is 30.6 Å². The van der Waals surface area contributed by atoms with Crippen LogP contribution in [-0.2, 0) is 6.42 Å². The van der Waals surface area contributed by atoms with Crippen LogP contribution in [-0.4, -0.2) is 39.6 Å². The van der Waals surface area contributed by atoms with Crippen molar-refractivity contribution in [3.05, 3.63) is 67.9 Å². The molecule has 12 heteroatoms. The molecule has 8 nitrogen and oxygen atoms in total. The largest absolute Gasteiger partial charge is 0.196 e. The Balaban J connectivity index is 1.56. The highest BCUT2D eigenvalue weighted by molar-refractivity contribution is 6.42. The molecule has 0 amide bonds. The average molecular weight is 504 g/mol. The van der Waals surface area contributed by atoms with Crippen molar-refractivity contribution in [1.82, 2.24) is 39.6 Å². The second-order valence-electron chi connectivity index (χ2n) is 7.26. The van der Waals surface area contributed by atoms with Gasteiger partial charge in [0.1, 0.15) is 0 Å². The van der Waals surface area contributed by atoms with Gasteiger partial charge in [0.05, 0.1) is 15.4 Å². The van der Waals surface area contributed by atoms with Crippen molar-refractivity contribution in [2.24, 2.45) is 0 Å². The summed E-state index contributed by atoms with van der Waals surface area (Å²) in [6.45, 7) is 1.80. The molecule has 0 atom stereocenters. The summed E-state index contributed by atoms with van der Waals surface area (Å²) in [5.74, 6) is 1.20. The molecular weight excluding hydrogens is 494 g/mol. The highest BCUT2D eigenvalue weighted by atomic mass is 35.5. The number of hydrogen-bond acceptors (Lipinski definition) is 6. The fraction of sp³-hybridized carbons (Fsp3) is 0.100. The number of aryl methyl sites for hydroxylation is 1. The highest BCUT2D eigenvalue weighted by Crippen LogP contribution is 2.34. The summed E-state index contributed by atoms with van der Waals surface area (Å²) in [4.78, 5) is 0. The molecule has 0 saturated heterocycles. The Kier molecular flexibility index (Phi) is 4.42. The Morgan fingerprint density at radius 2 is 1.53 bits per heavy atom. The number of fused-ring (bicyclic) bond motifs is 6. The van der Waals surface area contributed by atoms with E-state index >= 15 is 0 Å². The number of rotatable bonds is 2. The summed E-state index contributed by atoms with van der Waals surface area (Å²) in [7, 11) is 0. The fourth-order valence-corrected chi connectivity index (χ4v) is 5.02. The third kappa shape index (κ3) is 2.84. The number of hydrogen-bond donors (Lipinski definition) is 0. The third-order valence-electron chi connectivity index (χ3n) is 5.30. The van der Waals surface area contributed by atoms with Gasteiger partial charge in [0.2, 0.25) is 0 Å². The van der Waals surface area contributed by atoms with E-state index in [4.69, 9.17) is 46.4 Å². The van der Waals surface area contributed by atoms with Crippen molar-refractivity contribution < 1.29 is 0 Å². The van der Waals surface area contributed by atoms with Crippen LogP contribution in [0.4, 0.5) is 0 Å². The maximum Gasteiger partial charge on any atom is 0.187 e. The summed E-state index contributed by atoms with van der Waals surface area (Å²) in [6, 6.07) is 9.19. The van der Waals surface area contributed by atoms with Crippen molar-refractivity contribution in [3.63, 3.8) is 0 Å². The number of nitrogens with zero attached hydrogens (tertiary/aromatic N) is 8. The van der Waals surface area contributed by atoms with Crippen LogP contribution in [0.1, 0.15) is 17.2 Å². The minimum absolute atomic E-state index is 0.273. The zero-order valence-corrected chi connectivity index (χ0v) is 19.2. The molecule has 0 radical (unpaired) electrons. The standard InChI is InChI=1S/C20H10Cl4N8/c1-8-25-27-19-11-5-9(6-13(22)15(11)18(24)30-31(8)19)7-14-26-28-20-16-10(3-2-4-12(16)21)17(23)29-32(14)20/h2-6H,7H2,1H3. The summed E-state index contributed by atoms with van der Waals surface area (Å²) >= 11 is 25.8. The van der Waals surface area contributed by atoms with Gasteiger partial charge >= 0.3 is 0 Å². The normalized spacial score (nSPS) is 12.0. The van der Waals surface area contributed by atoms with Gasteiger partial charge in [-0.2, -0.15) is 19.2 Å². The van der Waals surface area contributed by atoms with Gasteiger partial charge in [-0.25, -0.2) is 0 Å².